The fraction of sp³-hybridized carbons (Fsp3) is 0.875. The lowest BCUT2D eigenvalue weighted by Crippen LogP contribution is -2.53. The van der Waals surface area contributed by atoms with Gasteiger partial charge in [-0.05, 0) is 38.5 Å². The predicted molar refractivity (Wildman–Crippen MR) is 80.6 cm³/mol. The molecule has 3 fully saturated rings. The highest BCUT2D eigenvalue weighted by atomic mass is 16.5. The van der Waals surface area contributed by atoms with Gasteiger partial charge in [-0.1, -0.05) is 12.8 Å². The molecular formula is C16H26N2O4. The number of carbonyl (C=O) groups is 2. The molecule has 2 atom stereocenters. The van der Waals surface area contributed by atoms with Crippen molar-refractivity contribution in [2.75, 3.05) is 19.7 Å². The van der Waals surface area contributed by atoms with Crippen molar-refractivity contribution < 1.29 is 19.4 Å². The first-order valence-corrected chi connectivity index (χ1v) is 8.50. The molecule has 2 saturated heterocycles. The highest BCUT2D eigenvalue weighted by molar-refractivity contribution is 5.76. The minimum absolute atomic E-state index is 0.0122. The van der Waals surface area contributed by atoms with E-state index in [1.54, 1.807) is 4.90 Å². The predicted octanol–water partition coefficient (Wildman–Crippen LogP) is 1.98. The van der Waals surface area contributed by atoms with E-state index in [0.717, 1.165) is 32.1 Å². The second-order valence-electron chi connectivity index (χ2n) is 7.00. The monoisotopic (exact) mass is 310 g/mol. The number of carboxylic acid groups (broad SMARTS) is 1. The van der Waals surface area contributed by atoms with E-state index >= 15 is 0 Å². The lowest BCUT2D eigenvalue weighted by Gasteiger charge is -2.39. The molecule has 6 nitrogen and oxygen atoms in total. The van der Waals surface area contributed by atoms with E-state index in [4.69, 9.17) is 9.84 Å². The fourth-order valence-corrected chi connectivity index (χ4v) is 4.15. The van der Waals surface area contributed by atoms with Gasteiger partial charge in [0, 0.05) is 25.7 Å². The molecule has 0 aromatic rings. The average Bonchev–Trinajstić information content (AvgIpc) is 2.95. The number of aliphatic carboxylic acids is 1. The first-order chi connectivity index (χ1) is 10.6. The van der Waals surface area contributed by atoms with E-state index in [1.165, 1.54) is 12.8 Å². The summed E-state index contributed by atoms with van der Waals surface area (Å²) in [4.78, 5) is 25.2. The molecule has 0 radical (unpaired) electrons. The highest BCUT2D eigenvalue weighted by Crippen LogP contribution is 2.40. The van der Waals surface area contributed by atoms with Crippen LogP contribution in [-0.2, 0) is 9.53 Å². The van der Waals surface area contributed by atoms with E-state index in [9.17, 15) is 9.59 Å². The fourth-order valence-electron chi connectivity index (χ4n) is 4.15. The van der Waals surface area contributed by atoms with Crippen LogP contribution in [0, 0.1) is 5.92 Å². The van der Waals surface area contributed by atoms with Crippen molar-refractivity contribution in [3.05, 3.63) is 0 Å². The van der Waals surface area contributed by atoms with Crippen molar-refractivity contribution >= 4 is 12.0 Å². The Balaban J connectivity index is 1.53. The third-order valence-corrected chi connectivity index (χ3v) is 5.39. The lowest BCUT2D eigenvalue weighted by molar-refractivity contribution is -0.143. The first kappa shape index (κ1) is 15.6. The van der Waals surface area contributed by atoms with Gasteiger partial charge in [0.15, 0.2) is 0 Å². The second-order valence-corrected chi connectivity index (χ2v) is 7.00. The number of hydrogen-bond acceptors (Lipinski definition) is 3. The maximum absolute atomic E-state index is 12.4. The molecule has 1 aliphatic carbocycles. The van der Waals surface area contributed by atoms with Crippen LogP contribution in [0.3, 0.4) is 0 Å². The topological polar surface area (TPSA) is 78.9 Å². The number of carbonyl (C=O) groups excluding carboxylic acids is 1. The number of rotatable bonds is 2. The van der Waals surface area contributed by atoms with E-state index < -0.39 is 11.9 Å². The van der Waals surface area contributed by atoms with Gasteiger partial charge in [-0.3, -0.25) is 4.79 Å². The maximum Gasteiger partial charge on any atom is 0.317 e. The number of hydrogen-bond donors (Lipinski definition) is 2. The number of nitrogens with one attached hydrogen (secondary N) is 1. The van der Waals surface area contributed by atoms with Gasteiger partial charge in [0.25, 0.3) is 0 Å². The van der Waals surface area contributed by atoms with Crippen LogP contribution in [0.25, 0.3) is 0 Å². The van der Waals surface area contributed by atoms with E-state index in [1.807, 2.05) is 0 Å². The van der Waals surface area contributed by atoms with Crippen LogP contribution in [0.1, 0.15) is 51.4 Å². The molecule has 0 aromatic carbocycles. The number of ether oxygens (including phenoxy) is 1. The van der Waals surface area contributed by atoms with E-state index in [-0.39, 0.29) is 17.7 Å². The number of carboxylic acids is 1. The Labute approximate surface area is 131 Å². The van der Waals surface area contributed by atoms with E-state index in [0.29, 0.717) is 26.1 Å². The van der Waals surface area contributed by atoms with Crippen molar-refractivity contribution in [2.24, 2.45) is 5.92 Å². The molecule has 2 heterocycles. The summed E-state index contributed by atoms with van der Waals surface area (Å²) in [5.41, 5.74) is -0.0122. The van der Waals surface area contributed by atoms with Crippen LogP contribution in [0.5, 0.6) is 0 Å². The molecular weight excluding hydrogens is 284 g/mol. The van der Waals surface area contributed by atoms with Gasteiger partial charge in [-0.25, -0.2) is 4.79 Å². The minimum Gasteiger partial charge on any atom is -0.481 e. The van der Waals surface area contributed by atoms with Gasteiger partial charge in [0.1, 0.15) is 0 Å². The molecule has 0 bridgehead atoms. The molecule has 1 spiro atoms. The van der Waals surface area contributed by atoms with Crippen LogP contribution in [-0.4, -0.2) is 53.3 Å². The molecule has 2 aliphatic heterocycles. The molecule has 3 rings (SSSR count). The molecule has 2 unspecified atom stereocenters. The minimum atomic E-state index is -0.798. The molecule has 22 heavy (non-hydrogen) atoms. The van der Waals surface area contributed by atoms with Gasteiger partial charge in [0.05, 0.1) is 11.5 Å². The van der Waals surface area contributed by atoms with Crippen LogP contribution in [0.4, 0.5) is 4.79 Å². The average molecular weight is 310 g/mol. The van der Waals surface area contributed by atoms with Crippen LogP contribution in [0.15, 0.2) is 0 Å². The summed E-state index contributed by atoms with van der Waals surface area (Å²) in [5.74, 6) is -1.22. The zero-order chi connectivity index (χ0) is 15.6. The Kier molecular flexibility index (Phi) is 4.57. The van der Waals surface area contributed by atoms with E-state index in [2.05, 4.69) is 5.32 Å². The van der Waals surface area contributed by atoms with Crippen molar-refractivity contribution in [1.82, 2.24) is 10.2 Å². The van der Waals surface area contributed by atoms with Crippen molar-refractivity contribution in [1.29, 1.82) is 0 Å². The van der Waals surface area contributed by atoms with Gasteiger partial charge in [0.2, 0.25) is 0 Å². The zero-order valence-electron chi connectivity index (χ0n) is 13.1. The number of likely N-dealkylation sites (tertiary alicyclic amines) is 1. The largest absolute Gasteiger partial charge is 0.481 e. The van der Waals surface area contributed by atoms with Gasteiger partial charge >= 0.3 is 12.0 Å². The molecule has 2 amide bonds. The maximum atomic E-state index is 12.4. The molecule has 2 N–H and O–H groups in total. The zero-order valence-corrected chi connectivity index (χ0v) is 13.1. The smallest absolute Gasteiger partial charge is 0.317 e. The van der Waals surface area contributed by atoms with Crippen molar-refractivity contribution in [2.45, 2.75) is 63.0 Å². The summed E-state index contributed by atoms with van der Waals surface area (Å²) in [5, 5.41) is 12.2. The third kappa shape index (κ3) is 3.37. The van der Waals surface area contributed by atoms with Crippen LogP contribution < -0.4 is 5.32 Å². The molecule has 1 saturated carbocycles. The Morgan fingerprint density at radius 1 is 1.18 bits per heavy atom. The Hall–Kier alpha value is -1.30. The van der Waals surface area contributed by atoms with Gasteiger partial charge < -0.3 is 20.1 Å². The molecule has 6 heteroatoms. The van der Waals surface area contributed by atoms with Gasteiger partial charge in [-0.2, -0.15) is 0 Å². The SMILES string of the molecule is O=C(O)C1CCCN(C(=O)NC2CCOC3(CCCC3)C2)C1. The summed E-state index contributed by atoms with van der Waals surface area (Å²) in [6, 6.07) is 0.0514. The summed E-state index contributed by atoms with van der Waals surface area (Å²) in [6.07, 6.45) is 7.81. The number of piperidine rings is 1. The second kappa shape index (κ2) is 6.44. The summed E-state index contributed by atoms with van der Waals surface area (Å²) in [6.45, 7) is 1.70. The third-order valence-electron chi connectivity index (χ3n) is 5.39. The normalized spacial score (nSPS) is 31.2. The number of nitrogens with zero attached hydrogens (tertiary/aromatic N) is 1. The van der Waals surface area contributed by atoms with Crippen LogP contribution >= 0.6 is 0 Å². The molecule has 0 aromatic heterocycles. The standard InChI is InChI=1S/C16H26N2O4/c19-14(20)12-4-3-8-18(11-12)15(21)17-13-5-9-22-16(10-13)6-1-2-7-16/h12-13H,1-11H2,(H,17,21)(H,19,20). The first-order valence-electron chi connectivity index (χ1n) is 8.50. The Bertz CT molecular complexity index is 434. The molecule has 3 aliphatic rings. The van der Waals surface area contributed by atoms with Gasteiger partial charge in [-0.15, -0.1) is 0 Å². The van der Waals surface area contributed by atoms with Crippen molar-refractivity contribution in [3.63, 3.8) is 0 Å². The van der Waals surface area contributed by atoms with Crippen molar-refractivity contribution in [3.8, 4) is 0 Å². The summed E-state index contributed by atoms with van der Waals surface area (Å²) in [7, 11) is 0. The Morgan fingerprint density at radius 3 is 2.68 bits per heavy atom. The molecule has 124 valence electrons. The Morgan fingerprint density at radius 2 is 1.95 bits per heavy atom. The summed E-state index contributed by atoms with van der Waals surface area (Å²) < 4.78 is 5.99. The quantitative estimate of drug-likeness (QED) is 0.817. The number of amides is 2. The highest BCUT2D eigenvalue weighted by Gasteiger charge is 2.40. The lowest BCUT2D eigenvalue weighted by atomic mass is 9.89. The van der Waals surface area contributed by atoms with Crippen LogP contribution in [0.2, 0.25) is 0 Å². The number of urea groups is 1. The summed E-state index contributed by atoms with van der Waals surface area (Å²) >= 11 is 0.